The van der Waals surface area contributed by atoms with Gasteiger partial charge in [-0.3, -0.25) is 0 Å². The van der Waals surface area contributed by atoms with Crippen molar-refractivity contribution in [1.82, 2.24) is 5.32 Å². The Morgan fingerprint density at radius 1 is 1.28 bits per heavy atom. The van der Waals surface area contributed by atoms with Crippen LogP contribution in [0.25, 0.3) is 0 Å². The number of hydrogen-bond acceptors (Lipinski definition) is 3. The number of nitrogens with one attached hydrogen (secondary N) is 1. The normalized spacial score (nSPS) is 23.1. The highest BCUT2D eigenvalue weighted by atomic mass is 16.3. The topological polar surface area (TPSA) is 35.5 Å². The van der Waals surface area contributed by atoms with Crippen LogP contribution in [0.15, 0.2) is 24.3 Å². The molecule has 2 rings (SSSR count). The summed E-state index contributed by atoms with van der Waals surface area (Å²) in [5.74, 6) is 0.418. The van der Waals surface area contributed by atoms with E-state index in [0.29, 0.717) is 12.0 Å². The van der Waals surface area contributed by atoms with Crippen molar-refractivity contribution in [3.63, 3.8) is 0 Å². The van der Waals surface area contributed by atoms with Gasteiger partial charge in [-0.15, -0.1) is 0 Å². The summed E-state index contributed by atoms with van der Waals surface area (Å²) in [5, 5.41) is 12.9. The fourth-order valence-electron chi connectivity index (χ4n) is 2.56. The van der Waals surface area contributed by atoms with Crippen LogP contribution in [0, 0.1) is 5.92 Å². The minimum absolute atomic E-state index is 0.196. The number of anilines is 1. The Hall–Kier alpha value is -1.06. The van der Waals surface area contributed by atoms with Gasteiger partial charge in [0.1, 0.15) is 0 Å². The summed E-state index contributed by atoms with van der Waals surface area (Å²) in [7, 11) is 1.98. The molecule has 3 unspecified atom stereocenters. The molecule has 1 aromatic rings. The van der Waals surface area contributed by atoms with Gasteiger partial charge in [0, 0.05) is 30.7 Å². The van der Waals surface area contributed by atoms with Crippen molar-refractivity contribution in [3.8, 4) is 0 Å². The Balaban J connectivity index is 2.02. The zero-order valence-electron chi connectivity index (χ0n) is 11.6. The van der Waals surface area contributed by atoms with Gasteiger partial charge < -0.3 is 15.3 Å². The fraction of sp³-hybridized carbons (Fsp3) is 0.600. The van der Waals surface area contributed by atoms with Crippen molar-refractivity contribution in [2.45, 2.75) is 32.4 Å². The van der Waals surface area contributed by atoms with E-state index >= 15 is 0 Å². The Kier molecular flexibility index (Phi) is 4.25. The van der Waals surface area contributed by atoms with E-state index < -0.39 is 0 Å². The molecule has 3 atom stereocenters. The zero-order chi connectivity index (χ0) is 13.1. The van der Waals surface area contributed by atoms with E-state index in [-0.39, 0.29) is 6.10 Å². The minimum atomic E-state index is -0.196. The number of aliphatic hydroxyl groups is 1. The number of hydrogen-bond donors (Lipinski definition) is 2. The quantitative estimate of drug-likeness (QED) is 0.857. The molecular formula is C15H24N2O. The van der Waals surface area contributed by atoms with Gasteiger partial charge in [-0.25, -0.2) is 0 Å². The highest BCUT2D eigenvalue weighted by Crippen LogP contribution is 2.26. The molecule has 3 heteroatoms. The molecule has 1 aliphatic rings. The van der Waals surface area contributed by atoms with Crippen LogP contribution in [0.2, 0.25) is 0 Å². The number of aliphatic hydroxyl groups excluding tert-OH is 1. The molecule has 100 valence electrons. The maximum absolute atomic E-state index is 9.63. The van der Waals surface area contributed by atoms with E-state index in [9.17, 15) is 5.11 Å². The molecule has 1 heterocycles. The van der Waals surface area contributed by atoms with E-state index in [1.807, 2.05) is 14.0 Å². The van der Waals surface area contributed by atoms with Crippen LogP contribution in [-0.2, 0) is 0 Å². The van der Waals surface area contributed by atoms with Crippen molar-refractivity contribution in [3.05, 3.63) is 29.8 Å². The average Bonchev–Trinajstić information content (AvgIpc) is 2.88. The Morgan fingerprint density at radius 2 is 1.94 bits per heavy atom. The van der Waals surface area contributed by atoms with E-state index in [0.717, 1.165) is 19.5 Å². The second-order valence-electron chi connectivity index (χ2n) is 5.34. The molecule has 0 aromatic heterocycles. The fourth-order valence-corrected chi connectivity index (χ4v) is 2.56. The molecule has 0 bridgehead atoms. The second kappa shape index (κ2) is 5.72. The summed E-state index contributed by atoms with van der Waals surface area (Å²) >= 11 is 0. The molecule has 1 saturated heterocycles. The summed E-state index contributed by atoms with van der Waals surface area (Å²) in [6.45, 7) is 6.08. The first-order valence-corrected chi connectivity index (χ1v) is 6.82. The molecule has 0 spiro atoms. The van der Waals surface area contributed by atoms with Crippen molar-refractivity contribution >= 4 is 5.69 Å². The first-order valence-electron chi connectivity index (χ1n) is 6.82. The van der Waals surface area contributed by atoms with Crippen molar-refractivity contribution < 1.29 is 5.11 Å². The maximum Gasteiger partial charge on any atom is 0.0557 e. The van der Waals surface area contributed by atoms with E-state index in [2.05, 4.69) is 41.4 Å². The SMILES string of the molecule is CNC(C)c1ccc(N2CCC(C(C)O)C2)cc1. The van der Waals surface area contributed by atoms with E-state index in [1.165, 1.54) is 11.3 Å². The van der Waals surface area contributed by atoms with Gasteiger partial charge in [0.15, 0.2) is 0 Å². The largest absolute Gasteiger partial charge is 0.393 e. The predicted octanol–water partition coefficient (Wildman–Crippen LogP) is 2.17. The van der Waals surface area contributed by atoms with Crippen LogP contribution >= 0.6 is 0 Å². The van der Waals surface area contributed by atoms with Gasteiger partial charge >= 0.3 is 0 Å². The average molecular weight is 248 g/mol. The Morgan fingerprint density at radius 3 is 2.44 bits per heavy atom. The van der Waals surface area contributed by atoms with Crippen LogP contribution < -0.4 is 10.2 Å². The maximum atomic E-state index is 9.63. The van der Waals surface area contributed by atoms with E-state index in [1.54, 1.807) is 0 Å². The van der Waals surface area contributed by atoms with Crippen molar-refractivity contribution in [2.24, 2.45) is 5.92 Å². The summed E-state index contributed by atoms with van der Waals surface area (Å²) in [5.41, 5.74) is 2.58. The first-order chi connectivity index (χ1) is 8.61. The third kappa shape index (κ3) is 2.85. The molecule has 0 aliphatic carbocycles. The summed E-state index contributed by atoms with van der Waals surface area (Å²) < 4.78 is 0. The standard InChI is InChI=1S/C15H24N2O/c1-11(16-3)13-4-6-15(7-5-13)17-9-8-14(10-17)12(2)18/h4-7,11-12,14,16,18H,8-10H2,1-3H3. The summed E-state index contributed by atoms with van der Waals surface area (Å²) in [4.78, 5) is 2.37. The minimum Gasteiger partial charge on any atom is -0.393 e. The van der Waals surface area contributed by atoms with Crippen molar-refractivity contribution in [2.75, 3.05) is 25.0 Å². The predicted molar refractivity (Wildman–Crippen MR) is 75.9 cm³/mol. The van der Waals surface area contributed by atoms with Gasteiger partial charge in [0.25, 0.3) is 0 Å². The van der Waals surface area contributed by atoms with Crippen molar-refractivity contribution in [1.29, 1.82) is 0 Å². The third-order valence-corrected chi connectivity index (χ3v) is 4.10. The molecule has 2 N–H and O–H groups in total. The number of nitrogens with zero attached hydrogens (tertiary/aromatic N) is 1. The molecule has 0 amide bonds. The van der Waals surface area contributed by atoms with Gasteiger partial charge in [-0.1, -0.05) is 12.1 Å². The van der Waals surface area contributed by atoms with Gasteiger partial charge in [0.2, 0.25) is 0 Å². The first kappa shape index (κ1) is 13.4. The van der Waals surface area contributed by atoms with Gasteiger partial charge in [0.05, 0.1) is 6.10 Å². The highest BCUT2D eigenvalue weighted by Gasteiger charge is 2.25. The Bertz CT molecular complexity index is 375. The molecule has 1 aromatic carbocycles. The lowest BCUT2D eigenvalue weighted by molar-refractivity contribution is 0.136. The molecule has 0 radical (unpaired) electrons. The zero-order valence-corrected chi connectivity index (χ0v) is 11.6. The lowest BCUT2D eigenvalue weighted by atomic mass is 10.0. The Labute approximate surface area is 110 Å². The van der Waals surface area contributed by atoms with Crippen LogP contribution in [0.3, 0.4) is 0 Å². The lowest BCUT2D eigenvalue weighted by Crippen LogP contribution is -2.23. The van der Waals surface area contributed by atoms with Crippen LogP contribution in [0.5, 0.6) is 0 Å². The third-order valence-electron chi connectivity index (χ3n) is 4.10. The lowest BCUT2D eigenvalue weighted by Gasteiger charge is -2.20. The molecule has 1 aliphatic heterocycles. The highest BCUT2D eigenvalue weighted by molar-refractivity contribution is 5.49. The molecular weight excluding hydrogens is 224 g/mol. The molecule has 18 heavy (non-hydrogen) atoms. The molecule has 0 saturated carbocycles. The molecule has 3 nitrogen and oxygen atoms in total. The van der Waals surface area contributed by atoms with Gasteiger partial charge in [-0.2, -0.15) is 0 Å². The smallest absolute Gasteiger partial charge is 0.0557 e. The second-order valence-corrected chi connectivity index (χ2v) is 5.34. The van der Waals surface area contributed by atoms with Crippen LogP contribution in [0.4, 0.5) is 5.69 Å². The van der Waals surface area contributed by atoms with Crippen LogP contribution in [-0.4, -0.2) is 31.3 Å². The monoisotopic (exact) mass is 248 g/mol. The van der Waals surface area contributed by atoms with E-state index in [4.69, 9.17) is 0 Å². The number of rotatable bonds is 4. The van der Waals surface area contributed by atoms with Gasteiger partial charge in [-0.05, 0) is 45.0 Å². The van der Waals surface area contributed by atoms with Crippen LogP contribution in [0.1, 0.15) is 31.9 Å². The number of benzene rings is 1. The molecule has 1 fully saturated rings. The summed E-state index contributed by atoms with van der Waals surface area (Å²) in [6, 6.07) is 9.14. The summed E-state index contributed by atoms with van der Waals surface area (Å²) in [6.07, 6.45) is 0.894.